The van der Waals surface area contributed by atoms with Gasteiger partial charge in [-0.2, -0.15) is 0 Å². The molecule has 1 saturated heterocycles. The van der Waals surface area contributed by atoms with E-state index in [1.807, 2.05) is 66.7 Å². The highest BCUT2D eigenvalue weighted by Crippen LogP contribution is 2.28. The van der Waals surface area contributed by atoms with E-state index in [1.165, 1.54) is 0 Å². The Hall–Kier alpha value is -4.45. The van der Waals surface area contributed by atoms with E-state index in [2.05, 4.69) is 15.5 Å². The van der Waals surface area contributed by atoms with Crippen molar-refractivity contribution in [2.45, 2.75) is 76.5 Å². The molecule has 7 N–H and O–H groups in total. The Morgan fingerprint density at radius 1 is 0.900 bits per heavy atom. The number of nitrogens with one attached hydrogen (secondary N) is 2. The first-order chi connectivity index (χ1) is 24.3. The van der Waals surface area contributed by atoms with Crippen LogP contribution >= 0.6 is 0 Å². The van der Waals surface area contributed by atoms with Gasteiger partial charge in [0, 0.05) is 51.3 Å². The summed E-state index contributed by atoms with van der Waals surface area (Å²) in [6.07, 6.45) is 5.97. The number of rotatable bonds is 19. The molecule has 0 aliphatic carbocycles. The molecule has 1 heterocycles. The predicted molar refractivity (Wildman–Crippen MR) is 197 cm³/mol. The van der Waals surface area contributed by atoms with Crippen LogP contribution in [0.1, 0.15) is 63.4 Å². The molecule has 4 rings (SSSR count). The van der Waals surface area contributed by atoms with Gasteiger partial charge in [-0.05, 0) is 80.8 Å². The van der Waals surface area contributed by atoms with E-state index in [4.69, 9.17) is 16.2 Å². The van der Waals surface area contributed by atoms with Crippen molar-refractivity contribution in [3.05, 3.63) is 84.4 Å². The Labute approximate surface area is 296 Å². The zero-order chi connectivity index (χ0) is 35.6. The summed E-state index contributed by atoms with van der Waals surface area (Å²) in [7, 11) is 0. The van der Waals surface area contributed by atoms with Gasteiger partial charge in [0.25, 0.3) is 0 Å². The number of phenolic OH excluding ortho intramolecular Hbond substituents is 1. The van der Waals surface area contributed by atoms with Crippen LogP contribution in [0.4, 0.5) is 10.5 Å². The molecule has 0 spiro atoms. The molecule has 3 aromatic carbocycles. The molecule has 1 fully saturated rings. The second-order valence-corrected chi connectivity index (χ2v) is 13.0. The van der Waals surface area contributed by atoms with Crippen molar-refractivity contribution in [1.29, 1.82) is 0 Å². The Morgan fingerprint density at radius 2 is 1.62 bits per heavy atom. The molecule has 50 heavy (non-hydrogen) atoms. The Balaban J connectivity index is 1.09. The van der Waals surface area contributed by atoms with Crippen LogP contribution < -0.4 is 22.1 Å². The molecular weight excluding hydrogens is 632 g/mol. The SMILES string of the molecule is NCCCCC(N)C(=O)N(CCCCCNC(=O)CCN1CCC(OC(=O)Nc2ccccc2-c2ccccc2)CC1)Cc1ccc(O)cc1. The van der Waals surface area contributed by atoms with Crippen LogP contribution in [-0.4, -0.2) is 84.2 Å². The van der Waals surface area contributed by atoms with Gasteiger partial charge >= 0.3 is 6.09 Å². The van der Waals surface area contributed by atoms with E-state index < -0.39 is 12.1 Å². The smallest absolute Gasteiger partial charge is 0.411 e. The number of nitrogens with two attached hydrogens (primary N) is 2. The number of ether oxygens (including phenoxy) is 1. The van der Waals surface area contributed by atoms with E-state index in [0.717, 1.165) is 74.7 Å². The number of aromatic hydroxyl groups is 1. The second kappa shape index (κ2) is 20.9. The lowest BCUT2D eigenvalue weighted by atomic mass is 10.0. The first kappa shape index (κ1) is 38.4. The molecule has 270 valence electrons. The number of amides is 3. The van der Waals surface area contributed by atoms with Gasteiger partial charge in [-0.1, -0.05) is 67.1 Å². The van der Waals surface area contributed by atoms with Crippen molar-refractivity contribution in [3.8, 4) is 16.9 Å². The zero-order valence-corrected chi connectivity index (χ0v) is 29.1. The Morgan fingerprint density at radius 3 is 2.36 bits per heavy atom. The summed E-state index contributed by atoms with van der Waals surface area (Å²) in [5, 5.41) is 15.6. The van der Waals surface area contributed by atoms with Crippen molar-refractivity contribution < 1.29 is 24.2 Å². The van der Waals surface area contributed by atoms with Crippen LogP contribution in [0.15, 0.2) is 78.9 Å². The molecule has 0 bridgehead atoms. The Kier molecular flexibility index (Phi) is 16.0. The summed E-state index contributed by atoms with van der Waals surface area (Å²) in [6.45, 7) is 4.36. The molecule has 1 aliphatic heterocycles. The van der Waals surface area contributed by atoms with Gasteiger partial charge in [0.05, 0.1) is 11.7 Å². The number of hydrogen-bond donors (Lipinski definition) is 5. The summed E-state index contributed by atoms with van der Waals surface area (Å²) in [5.74, 6) is 0.129. The minimum Gasteiger partial charge on any atom is -0.508 e. The predicted octanol–water partition coefficient (Wildman–Crippen LogP) is 5.23. The molecule has 1 atom stereocenters. The monoisotopic (exact) mass is 686 g/mol. The van der Waals surface area contributed by atoms with Gasteiger partial charge in [0.2, 0.25) is 11.8 Å². The molecular formula is C39H54N6O5. The molecule has 3 aromatic rings. The fourth-order valence-corrected chi connectivity index (χ4v) is 6.14. The molecule has 0 radical (unpaired) electrons. The van der Waals surface area contributed by atoms with Crippen molar-refractivity contribution in [2.24, 2.45) is 11.5 Å². The van der Waals surface area contributed by atoms with Crippen molar-refractivity contribution in [3.63, 3.8) is 0 Å². The topological polar surface area (TPSA) is 163 Å². The molecule has 1 aliphatic rings. The van der Waals surface area contributed by atoms with Gasteiger partial charge < -0.3 is 36.4 Å². The van der Waals surface area contributed by atoms with Crippen molar-refractivity contribution in [2.75, 3.05) is 44.6 Å². The molecule has 1 unspecified atom stereocenters. The number of likely N-dealkylation sites (tertiary alicyclic amines) is 1. The van der Waals surface area contributed by atoms with Gasteiger partial charge in [0.1, 0.15) is 11.9 Å². The zero-order valence-electron chi connectivity index (χ0n) is 29.1. The third-order valence-corrected chi connectivity index (χ3v) is 9.05. The number of para-hydroxylation sites is 1. The summed E-state index contributed by atoms with van der Waals surface area (Å²) >= 11 is 0. The molecule has 0 aromatic heterocycles. The molecule has 0 saturated carbocycles. The van der Waals surface area contributed by atoms with Gasteiger partial charge in [-0.25, -0.2) is 4.79 Å². The minimum atomic E-state index is -0.566. The highest BCUT2D eigenvalue weighted by Gasteiger charge is 2.24. The second-order valence-electron chi connectivity index (χ2n) is 13.0. The van der Waals surface area contributed by atoms with Crippen LogP contribution in [-0.2, 0) is 20.9 Å². The lowest BCUT2D eigenvalue weighted by molar-refractivity contribution is -0.133. The largest absolute Gasteiger partial charge is 0.508 e. The van der Waals surface area contributed by atoms with Crippen molar-refractivity contribution >= 4 is 23.6 Å². The molecule has 3 amide bonds. The van der Waals surface area contributed by atoms with Crippen LogP contribution in [0.2, 0.25) is 0 Å². The highest BCUT2D eigenvalue weighted by atomic mass is 16.6. The van der Waals surface area contributed by atoms with Crippen LogP contribution in [0.25, 0.3) is 11.1 Å². The van der Waals surface area contributed by atoms with Gasteiger partial charge in [-0.3, -0.25) is 14.9 Å². The number of carbonyl (C=O) groups excluding carboxylic acids is 3. The third-order valence-electron chi connectivity index (χ3n) is 9.05. The number of carbonyl (C=O) groups is 3. The summed E-state index contributed by atoms with van der Waals surface area (Å²) in [6, 6.07) is 23.9. The number of nitrogens with zero attached hydrogens (tertiary/aromatic N) is 2. The lowest BCUT2D eigenvalue weighted by Gasteiger charge is -2.31. The van der Waals surface area contributed by atoms with Gasteiger partial charge in [-0.15, -0.1) is 0 Å². The van der Waals surface area contributed by atoms with Crippen LogP contribution in [0, 0.1) is 0 Å². The minimum absolute atomic E-state index is 0.0208. The fraction of sp³-hybridized carbons (Fsp3) is 0.462. The summed E-state index contributed by atoms with van der Waals surface area (Å²) in [5.41, 5.74) is 15.4. The summed E-state index contributed by atoms with van der Waals surface area (Å²) < 4.78 is 5.74. The Bertz CT molecular complexity index is 1460. The normalized spacial score (nSPS) is 14.1. The first-order valence-electron chi connectivity index (χ1n) is 18.0. The van der Waals surface area contributed by atoms with Gasteiger partial charge in [0.15, 0.2) is 0 Å². The average molecular weight is 687 g/mol. The van der Waals surface area contributed by atoms with E-state index in [0.29, 0.717) is 51.3 Å². The first-order valence-corrected chi connectivity index (χ1v) is 18.0. The fourth-order valence-electron chi connectivity index (χ4n) is 6.14. The van der Waals surface area contributed by atoms with E-state index in [-0.39, 0.29) is 23.7 Å². The maximum absolute atomic E-state index is 13.1. The molecule has 11 nitrogen and oxygen atoms in total. The maximum atomic E-state index is 13.1. The highest BCUT2D eigenvalue weighted by molar-refractivity contribution is 5.91. The number of phenols is 1. The number of hydrogen-bond acceptors (Lipinski definition) is 8. The van der Waals surface area contributed by atoms with E-state index in [1.54, 1.807) is 17.0 Å². The van der Waals surface area contributed by atoms with Crippen molar-refractivity contribution in [1.82, 2.24) is 15.1 Å². The summed E-state index contributed by atoms with van der Waals surface area (Å²) in [4.78, 5) is 42.4. The van der Waals surface area contributed by atoms with E-state index in [9.17, 15) is 19.5 Å². The standard InChI is InChI=1S/C39H54N6O5/c40-23-8-7-14-35(41)38(48)45(29-30-16-18-32(46)19-17-30)25-10-2-9-24-42-37(47)22-28-44-26-20-33(21-27-44)50-39(49)43-36-15-6-5-13-34(36)31-11-3-1-4-12-31/h1,3-6,11-13,15-19,33,35,46H,2,7-10,14,20-29,40-41H2,(H,42,47)(H,43,49). The quantitative estimate of drug-likeness (QED) is 0.107. The number of benzene rings is 3. The van der Waals surface area contributed by atoms with Crippen LogP contribution in [0.5, 0.6) is 5.75 Å². The maximum Gasteiger partial charge on any atom is 0.411 e. The van der Waals surface area contributed by atoms with E-state index >= 15 is 0 Å². The van der Waals surface area contributed by atoms with Crippen LogP contribution in [0.3, 0.4) is 0 Å². The number of unbranched alkanes of at least 4 members (excludes halogenated alkanes) is 3. The molecule has 11 heteroatoms. The number of anilines is 1. The average Bonchev–Trinajstić information content (AvgIpc) is 3.13. The lowest BCUT2D eigenvalue weighted by Crippen LogP contribution is -2.43. The third kappa shape index (κ3) is 13.1. The number of piperidine rings is 1.